The number of esters is 1. The molecular weight excluding hydrogens is 240 g/mol. The zero-order valence-corrected chi connectivity index (χ0v) is 11.9. The molecule has 1 aliphatic heterocycles. The van der Waals surface area contributed by atoms with Gasteiger partial charge in [0, 0.05) is 24.8 Å². The van der Waals surface area contributed by atoms with Gasteiger partial charge in [-0.2, -0.15) is 0 Å². The summed E-state index contributed by atoms with van der Waals surface area (Å²) in [5, 5.41) is 0. The summed E-state index contributed by atoms with van der Waals surface area (Å²) in [5.74, 6) is -0.305. The number of nitrogens with zero attached hydrogens (tertiary/aromatic N) is 2. The largest absolute Gasteiger partial charge is 0.465 e. The molecule has 1 fully saturated rings. The van der Waals surface area contributed by atoms with Crippen molar-refractivity contribution in [3.8, 4) is 0 Å². The van der Waals surface area contributed by atoms with Gasteiger partial charge in [0.05, 0.1) is 18.4 Å². The number of carbonyl (C=O) groups excluding carboxylic acids is 1. The minimum Gasteiger partial charge on any atom is -0.465 e. The second-order valence-electron chi connectivity index (χ2n) is 5.29. The normalized spacial score (nSPS) is 24.2. The van der Waals surface area contributed by atoms with Crippen molar-refractivity contribution in [2.75, 3.05) is 7.11 Å². The monoisotopic (exact) mass is 262 g/mol. The van der Waals surface area contributed by atoms with Crippen LogP contribution in [-0.4, -0.2) is 35.0 Å². The smallest absolute Gasteiger partial charge is 0.339 e. The van der Waals surface area contributed by atoms with E-state index in [4.69, 9.17) is 4.74 Å². The number of pyridine rings is 1. The first-order valence-corrected chi connectivity index (χ1v) is 6.91. The highest BCUT2D eigenvalue weighted by Crippen LogP contribution is 2.25. The Bertz CT molecular complexity index is 438. The third-order valence-electron chi connectivity index (χ3n) is 4.00. The first-order valence-electron chi connectivity index (χ1n) is 6.91. The Labute approximate surface area is 114 Å². The number of piperidine rings is 1. The molecule has 0 unspecified atom stereocenters. The molecule has 0 aromatic carbocycles. The first-order chi connectivity index (χ1) is 9.13. The summed E-state index contributed by atoms with van der Waals surface area (Å²) < 4.78 is 4.82. The highest BCUT2D eigenvalue weighted by molar-refractivity contribution is 5.90. The minimum absolute atomic E-state index is 0.305. The van der Waals surface area contributed by atoms with Crippen LogP contribution in [0.1, 0.15) is 49.2 Å². The summed E-state index contributed by atoms with van der Waals surface area (Å²) >= 11 is 0. The van der Waals surface area contributed by atoms with Crippen LogP contribution in [0.15, 0.2) is 18.3 Å². The van der Waals surface area contributed by atoms with Crippen LogP contribution >= 0.6 is 0 Å². The molecule has 2 rings (SSSR count). The number of hydrogen-bond acceptors (Lipinski definition) is 4. The fourth-order valence-electron chi connectivity index (χ4n) is 2.82. The van der Waals surface area contributed by atoms with E-state index < -0.39 is 0 Å². The Morgan fingerprint density at radius 1 is 1.42 bits per heavy atom. The van der Waals surface area contributed by atoms with E-state index in [9.17, 15) is 4.79 Å². The molecule has 104 valence electrons. The van der Waals surface area contributed by atoms with Crippen LogP contribution in [0.25, 0.3) is 0 Å². The molecule has 0 N–H and O–H groups in total. The lowest BCUT2D eigenvalue weighted by Crippen LogP contribution is -2.43. The Morgan fingerprint density at radius 3 is 2.74 bits per heavy atom. The zero-order chi connectivity index (χ0) is 13.8. The third kappa shape index (κ3) is 3.13. The van der Waals surface area contributed by atoms with Gasteiger partial charge in [-0.15, -0.1) is 0 Å². The molecule has 1 aliphatic rings. The zero-order valence-electron chi connectivity index (χ0n) is 11.9. The predicted molar refractivity (Wildman–Crippen MR) is 73.9 cm³/mol. The van der Waals surface area contributed by atoms with Crippen LogP contribution in [0.2, 0.25) is 0 Å². The molecule has 2 atom stereocenters. The molecule has 0 radical (unpaired) electrons. The summed E-state index contributed by atoms with van der Waals surface area (Å²) in [6.45, 7) is 5.21. The van der Waals surface area contributed by atoms with Gasteiger partial charge in [-0.3, -0.25) is 9.88 Å². The maximum atomic E-state index is 11.8. The Balaban J connectivity index is 2.20. The molecular formula is C15H22N2O2. The van der Waals surface area contributed by atoms with Crippen LogP contribution in [0.3, 0.4) is 0 Å². The Kier molecular flexibility index (Phi) is 4.53. The fraction of sp³-hybridized carbons (Fsp3) is 0.600. The summed E-state index contributed by atoms with van der Waals surface area (Å²) in [6, 6.07) is 4.64. The average molecular weight is 262 g/mol. The van der Waals surface area contributed by atoms with E-state index in [1.165, 1.54) is 26.4 Å². The molecule has 0 aliphatic carbocycles. The molecule has 4 nitrogen and oxygen atoms in total. The van der Waals surface area contributed by atoms with Crippen LogP contribution in [0, 0.1) is 0 Å². The molecule has 0 saturated carbocycles. The molecule has 0 spiro atoms. The molecule has 19 heavy (non-hydrogen) atoms. The van der Waals surface area contributed by atoms with E-state index in [1.807, 2.05) is 0 Å². The van der Waals surface area contributed by atoms with Crippen molar-refractivity contribution >= 4 is 5.97 Å². The Morgan fingerprint density at radius 2 is 2.11 bits per heavy atom. The molecule has 1 aromatic rings. The number of ether oxygens (including phenoxy) is 1. The number of likely N-dealkylation sites (tertiary alicyclic amines) is 1. The van der Waals surface area contributed by atoms with Gasteiger partial charge in [0.15, 0.2) is 0 Å². The van der Waals surface area contributed by atoms with Crippen molar-refractivity contribution in [1.82, 2.24) is 9.88 Å². The van der Waals surface area contributed by atoms with Crippen molar-refractivity contribution in [3.63, 3.8) is 0 Å². The van der Waals surface area contributed by atoms with Crippen LogP contribution < -0.4 is 0 Å². The lowest BCUT2D eigenvalue weighted by Gasteiger charge is -2.38. The maximum absolute atomic E-state index is 11.8. The molecule has 0 bridgehead atoms. The highest BCUT2D eigenvalue weighted by atomic mass is 16.5. The van der Waals surface area contributed by atoms with E-state index in [1.54, 1.807) is 18.3 Å². The van der Waals surface area contributed by atoms with Crippen molar-refractivity contribution in [2.24, 2.45) is 0 Å². The molecule has 1 aromatic heterocycles. The van der Waals surface area contributed by atoms with E-state index >= 15 is 0 Å². The number of hydrogen-bond donors (Lipinski definition) is 0. The van der Waals surface area contributed by atoms with Gasteiger partial charge in [0.2, 0.25) is 0 Å². The molecule has 4 heteroatoms. The fourth-order valence-corrected chi connectivity index (χ4v) is 2.82. The highest BCUT2D eigenvalue weighted by Gasteiger charge is 2.26. The SMILES string of the molecule is COC(=O)c1cccnc1CN1[C@H](C)CCC[C@@H]1C. The number of carbonyl (C=O) groups is 1. The lowest BCUT2D eigenvalue weighted by atomic mass is 9.97. The maximum Gasteiger partial charge on any atom is 0.339 e. The minimum atomic E-state index is -0.305. The van der Waals surface area contributed by atoms with Gasteiger partial charge in [0.25, 0.3) is 0 Å². The van der Waals surface area contributed by atoms with Crippen molar-refractivity contribution in [1.29, 1.82) is 0 Å². The average Bonchev–Trinajstić information content (AvgIpc) is 2.42. The van der Waals surface area contributed by atoms with Gasteiger partial charge in [-0.25, -0.2) is 4.79 Å². The van der Waals surface area contributed by atoms with E-state index in [2.05, 4.69) is 23.7 Å². The second-order valence-corrected chi connectivity index (χ2v) is 5.29. The topological polar surface area (TPSA) is 42.4 Å². The van der Waals surface area contributed by atoms with E-state index in [-0.39, 0.29) is 5.97 Å². The predicted octanol–water partition coefficient (Wildman–Crippen LogP) is 2.63. The molecule has 1 saturated heterocycles. The molecule has 2 heterocycles. The van der Waals surface area contributed by atoms with E-state index in [0.717, 1.165) is 5.69 Å². The summed E-state index contributed by atoms with van der Waals surface area (Å²) in [5.41, 5.74) is 1.39. The summed E-state index contributed by atoms with van der Waals surface area (Å²) in [7, 11) is 1.41. The van der Waals surface area contributed by atoms with Crippen molar-refractivity contribution in [2.45, 2.75) is 51.7 Å². The Hall–Kier alpha value is -1.42. The lowest BCUT2D eigenvalue weighted by molar-refractivity contribution is 0.0590. The van der Waals surface area contributed by atoms with Gasteiger partial charge in [-0.1, -0.05) is 6.42 Å². The van der Waals surface area contributed by atoms with E-state index in [0.29, 0.717) is 24.2 Å². The van der Waals surface area contributed by atoms with Crippen molar-refractivity contribution < 1.29 is 9.53 Å². The van der Waals surface area contributed by atoms with Crippen LogP contribution in [0.4, 0.5) is 0 Å². The molecule has 0 amide bonds. The van der Waals surface area contributed by atoms with Crippen molar-refractivity contribution in [3.05, 3.63) is 29.6 Å². The number of rotatable bonds is 3. The second kappa shape index (κ2) is 6.15. The van der Waals surface area contributed by atoms with Crippen LogP contribution in [0.5, 0.6) is 0 Å². The van der Waals surface area contributed by atoms with Crippen LogP contribution in [-0.2, 0) is 11.3 Å². The number of aromatic nitrogens is 1. The number of methoxy groups -OCH3 is 1. The van der Waals surface area contributed by atoms with Gasteiger partial charge >= 0.3 is 5.97 Å². The summed E-state index contributed by atoms with van der Waals surface area (Å²) in [6.07, 6.45) is 5.45. The first kappa shape index (κ1) is 14.0. The van der Waals surface area contributed by atoms with Gasteiger partial charge in [-0.05, 0) is 38.8 Å². The third-order valence-corrected chi connectivity index (χ3v) is 4.00. The quantitative estimate of drug-likeness (QED) is 0.785. The standard InChI is InChI=1S/C15H22N2O2/c1-11-6-4-7-12(2)17(11)10-14-13(15(18)19-3)8-5-9-16-14/h5,8-9,11-12H,4,6-7,10H2,1-3H3/t11-,12+. The van der Waals surface area contributed by atoms with Gasteiger partial charge in [0.1, 0.15) is 0 Å². The summed E-state index contributed by atoms with van der Waals surface area (Å²) in [4.78, 5) is 18.6. The van der Waals surface area contributed by atoms with Gasteiger partial charge < -0.3 is 4.74 Å².